The summed E-state index contributed by atoms with van der Waals surface area (Å²) in [6.45, 7) is 2.01. The normalized spacial score (nSPS) is 10.0. The van der Waals surface area contributed by atoms with Crippen LogP contribution in [0.15, 0.2) is 5.10 Å². The van der Waals surface area contributed by atoms with Gasteiger partial charge in [-0.25, -0.2) is 10.2 Å². The van der Waals surface area contributed by atoms with E-state index in [0.29, 0.717) is 12.3 Å². The van der Waals surface area contributed by atoms with Crippen LogP contribution in [0.1, 0.15) is 6.92 Å². The largest absolute Gasteiger partial charge is 0.350 e. The average Bonchev–Trinajstić information content (AvgIpc) is 1.83. The van der Waals surface area contributed by atoms with Crippen LogP contribution in [0.5, 0.6) is 0 Å². The van der Waals surface area contributed by atoms with Crippen LogP contribution in [0.2, 0.25) is 0 Å². The highest BCUT2D eigenvalue weighted by Crippen LogP contribution is 1.67. The molecule has 0 radical (unpaired) electrons. The molecule has 60 valence electrons. The molecule has 0 aromatic heterocycles. The van der Waals surface area contributed by atoms with Crippen molar-refractivity contribution in [2.75, 3.05) is 6.54 Å². The number of primary amides is 1. The second-order valence-corrected chi connectivity index (χ2v) is 1.53. The fourth-order valence-corrected chi connectivity index (χ4v) is 0.196. The van der Waals surface area contributed by atoms with Gasteiger partial charge in [-0.2, -0.15) is 5.10 Å². The molecule has 0 fully saturated rings. The Bertz CT molecular complexity index is 135. The summed E-state index contributed by atoms with van der Waals surface area (Å²) in [5, 5.41) is 3.51. The van der Waals surface area contributed by atoms with Gasteiger partial charge in [0, 0.05) is 12.3 Å². The zero-order valence-electron chi connectivity index (χ0n) is 5.63. The molecule has 0 aliphatic rings. The van der Waals surface area contributed by atoms with Crippen LogP contribution in [-0.4, -0.2) is 18.3 Å². The van der Waals surface area contributed by atoms with E-state index in [1.54, 1.807) is 6.92 Å². The third kappa shape index (κ3) is 7.19. The maximum atomic E-state index is 9.98. The molecule has 0 spiro atoms. The van der Waals surface area contributed by atoms with Gasteiger partial charge in [-0.3, -0.25) is 0 Å². The summed E-state index contributed by atoms with van der Waals surface area (Å²) in [5.41, 5.74) is 12.5. The Balaban J connectivity index is 0. The summed E-state index contributed by atoms with van der Waals surface area (Å²) >= 11 is 0. The molecule has 5 N–H and O–H groups in total. The van der Waals surface area contributed by atoms with Crippen LogP contribution >= 0.6 is 12.4 Å². The van der Waals surface area contributed by atoms with E-state index in [1.165, 1.54) is 0 Å². The van der Waals surface area contributed by atoms with Gasteiger partial charge in [0.1, 0.15) is 0 Å². The minimum atomic E-state index is -0.678. The van der Waals surface area contributed by atoms with Gasteiger partial charge in [0.15, 0.2) is 0 Å². The number of hydrogen-bond donors (Lipinski definition) is 3. The summed E-state index contributed by atoms with van der Waals surface area (Å²) in [5.74, 6) is 0. The van der Waals surface area contributed by atoms with Gasteiger partial charge in [0.25, 0.3) is 0 Å². The molecule has 6 heteroatoms. The minimum absolute atomic E-state index is 0. The molecule has 10 heavy (non-hydrogen) atoms. The van der Waals surface area contributed by atoms with Crippen molar-refractivity contribution in [3.05, 3.63) is 0 Å². The summed E-state index contributed by atoms with van der Waals surface area (Å²) in [7, 11) is 0. The number of rotatable bonds is 2. The summed E-state index contributed by atoms with van der Waals surface area (Å²) in [6, 6.07) is -0.678. The van der Waals surface area contributed by atoms with E-state index in [1.807, 2.05) is 5.43 Å². The topological polar surface area (TPSA) is 93.5 Å². The molecule has 0 aromatic carbocycles. The highest BCUT2D eigenvalue weighted by Gasteiger charge is 1.86. The third-order valence-corrected chi connectivity index (χ3v) is 0.652. The Morgan fingerprint density at radius 3 is 2.50 bits per heavy atom. The average molecular weight is 167 g/mol. The Morgan fingerprint density at radius 1 is 1.70 bits per heavy atom. The maximum absolute atomic E-state index is 9.98. The lowest BCUT2D eigenvalue weighted by molar-refractivity contribution is 0.249. The fourth-order valence-electron chi connectivity index (χ4n) is 0.196. The lowest BCUT2D eigenvalue weighted by Gasteiger charge is -1.93. The number of nitrogens with zero attached hydrogens (tertiary/aromatic N) is 1. The predicted octanol–water partition coefficient (Wildman–Crippen LogP) is -0.589. The predicted molar refractivity (Wildman–Crippen MR) is 42.1 cm³/mol. The molecule has 0 aliphatic carbocycles. The van der Waals surface area contributed by atoms with E-state index in [2.05, 4.69) is 5.10 Å². The van der Waals surface area contributed by atoms with Crippen LogP contribution in [0, 0.1) is 0 Å². The highest BCUT2D eigenvalue weighted by molar-refractivity contribution is 5.85. The molecular weight excluding hydrogens is 156 g/mol. The molecule has 0 aromatic rings. The Morgan fingerprint density at radius 2 is 2.20 bits per heavy atom. The number of hydrogen-bond acceptors (Lipinski definition) is 3. The standard InChI is InChI=1S/C4H10N4O.ClH/c1-3(2-5)7-8-4(6)9;/h2,5H2,1H3,(H3,6,8,9);1H/b7-3-;. The molecule has 0 aliphatic heterocycles. The van der Waals surface area contributed by atoms with Crippen molar-refractivity contribution >= 4 is 24.1 Å². The van der Waals surface area contributed by atoms with Crippen LogP contribution in [0.3, 0.4) is 0 Å². The van der Waals surface area contributed by atoms with Crippen molar-refractivity contribution in [3.63, 3.8) is 0 Å². The number of nitrogens with one attached hydrogen (secondary N) is 1. The molecule has 0 bridgehead atoms. The van der Waals surface area contributed by atoms with E-state index in [9.17, 15) is 4.79 Å². The van der Waals surface area contributed by atoms with Crippen LogP contribution in [0.4, 0.5) is 4.79 Å². The van der Waals surface area contributed by atoms with Gasteiger partial charge in [-0.05, 0) is 6.92 Å². The smallest absolute Gasteiger partial charge is 0.332 e. The molecule has 0 heterocycles. The van der Waals surface area contributed by atoms with Crippen molar-refractivity contribution in [3.8, 4) is 0 Å². The number of carbonyl (C=O) groups excluding carboxylic acids is 1. The van der Waals surface area contributed by atoms with E-state index in [0.717, 1.165) is 0 Å². The summed E-state index contributed by atoms with van der Waals surface area (Å²) in [4.78, 5) is 9.98. The van der Waals surface area contributed by atoms with Crippen molar-refractivity contribution in [2.45, 2.75) is 6.92 Å². The van der Waals surface area contributed by atoms with Gasteiger partial charge in [0.2, 0.25) is 0 Å². The Labute approximate surface area is 65.2 Å². The van der Waals surface area contributed by atoms with Gasteiger partial charge < -0.3 is 11.5 Å². The lowest BCUT2D eigenvalue weighted by Crippen LogP contribution is -2.26. The van der Waals surface area contributed by atoms with E-state index in [4.69, 9.17) is 11.5 Å². The number of nitrogens with two attached hydrogens (primary N) is 2. The molecule has 5 nitrogen and oxygen atoms in total. The van der Waals surface area contributed by atoms with Crippen LogP contribution < -0.4 is 16.9 Å². The molecule has 2 amide bonds. The number of urea groups is 1. The van der Waals surface area contributed by atoms with Crippen molar-refractivity contribution in [1.29, 1.82) is 0 Å². The SMILES string of the molecule is C/C(CN)=N/NC(N)=O.Cl. The van der Waals surface area contributed by atoms with Crippen LogP contribution in [0.25, 0.3) is 0 Å². The summed E-state index contributed by atoms with van der Waals surface area (Å²) < 4.78 is 0. The first-order chi connectivity index (χ1) is 4.16. The Kier molecular flexibility index (Phi) is 7.53. The van der Waals surface area contributed by atoms with Gasteiger partial charge in [-0.15, -0.1) is 12.4 Å². The number of carbonyl (C=O) groups is 1. The van der Waals surface area contributed by atoms with Gasteiger partial charge >= 0.3 is 6.03 Å². The minimum Gasteiger partial charge on any atom is -0.350 e. The zero-order chi connectivity index (χ0) is 7.28. The molecule has 0 rings (SSSR count). The second-order valence-electron chi connectivity index (χ2n) is 1.53. The second kappa shape index (κ2) is 6.31. The fraction of sp³-hybridized carbons (Fsp3) is 0.500. The maximum Gasteiger partial charge on any atom is 0.332 e. The molecular formula is C4H11ClN4O. The lowest BCUT2D eigenvalue weighted by atomic mass is 10.4. The van der Waals surface area contributed by atoms with Crippen molar-refractivity contribution in [1.82, 2.24) is 5.43 Å². The Hall–Kier alpha value is -0.810. The number of amides is 2. The molecule has 0 unspecified atom stereocenters. The van der Waals surface area contributed by atoms with E-state index in [-0.39, 0.29) is 12.4 Å². The number of hydrazone groups is 1. The zero-order valence-corrected chi connectivity index (χ0v) is 6.44. The van der Waals surface area contributed by atoms with E-state index < -0.39 is 6.03 Å². The van der Waals surface area contributed by atoms with Gasteiger partial charge in [-0.1, -0.05) is 0 Å². The molecule has 0 saturated carbocycles. The first-order valence-corrected chi connectivity index (χ1v) is 2.45. The van der Waals surface area contributed by atoms with Gasteiger partial charge in [0.05, 0.1) is 0 Å². The highest BCUT2D eigenvalue weighted by atomic mass is 35.5. The molecule has 0 atom stereocenters. The first kappa shape index (κ1) is 11.9. The molecule has 0 saturated heterocycles. The number of halogens is 1. The quantitative estimate of drug-likeness (QED) is 0.378. The van der Waals surface area contributed by atoms with Crippen molar-refractivity contribution in [2.24, 2.45) is 16.6 Å². The van der Waals surface area contributed by atoms with Crippen LogP contribution in [-0.2, 0) is 0 Å². The monoisotopic (exact) mass is 166 g/mol. The third-order valence-electron chi connectivity index (χ3n) is 0.652. The van der Waals surface area contributed by atoms with E-state index >= 15 is 0 Å². The van der Waals surface area contributed by atoms with Crippen molar-refractivity contribution < 1.29 is 4.79 Å². The summed E-state index contributed by atoms with van der Waals surface area (Å²) in [6.07, 6.45) is 0. The first-order valence-electron chi connectivity index (χ1n) is 2.45.